The molecule has 0 aliphatic carbocycles. The van der Waals surface area contributed by atoms with Crippen molar-refractivity contribution in [2.24, 2.45) is 0 Å². The van der Waals surface area contributed by atoms with Crippen LogP contribution in [0.2, 0.25) is 5.02 Å². The Morgan fingerprint density at radius 3 is 2.75 bits per heavy atom. The van der Waals surface area contributed by atoms with Gasteiger partial charge in [-0.25, -0.2) is 0 Å². The summed E-state index contributed by atoms with van der Waals surface area (Å²) in [5, 5.41) is 0.483. The maximum Gasteiger partial charge on any atom is 0.279 e. The van der Waals surface area contributed by atoms with Crippen molar-refractivity contribution in [3.8, 4) is 5.75 Å². The monoisotopic (exact) mass is 319 g/mol. The highest BCUT2D eigenvalue weighted by Crippen LogP contribution is 2.15. The van der Waals surface area contributed by atoms with Crippen LogP contribution in [0.3, 0.4) is 0 Å². The second kappa shape index (κ2) is 7.21. The van der Waals surface area contributed by atoms with Crippen LogP contribution in [0.1, 0.15) is 19.3 Å². The number of aromatic nitrogens is 1. The van der Waals surface area contributed by atoms with Crippen molar-refractivity contribution in [3.05, 3.63) is 23.5 Å². The van der Waals surface area contributed by atoms with Gasteiger partial charge in [-0.15, -0.1) is 0 Å². The van der Waals surface area contributed by atoms with Gasteiger partial charge in [-0.2, -0.15) is 17.4 Å². The number of halogens is 1. The molecule has 1 aromatic heterocycles. The summed E-state index contributed by atoms with van der Waals surface area (Å²) in [6.45, 7) is 1.63. The minimum atomic E-state index is -3.38. The summed E-state index contributed by atoms with van der Waals surface area (Å²) in [7, 11) is -3.38. The topological polar surface area (TPSA) is 71.5 Å². The van der Waals surface area contributed by atoms with Crippen molar-refractivity contribution < 1.29 is 13.2 Å². The quantitative estimate of drug-likeness (QED) is 0.805. The molecule has 8 heteroatoms. The third-order valence-corrected chi connectivity index (χ3v) is 4.81. The first kappa shape index (κ1) is 15.5. The van der Waals surface area contributed by atoms with Crippen LogP contribution in [0.5, 0.6) is 5.75 Å². The lowest BCUT2D eigenvalue weighted by Gasteiger charge is -2.25. The van der Waals surface area contributed by atoms with Crippen molar-refractivity contribution in [3.63, 3.8) is 0 Å². The first-order valence-corrected chi connectivity index (χ1v) is 8.38. The summed E-state index contributed by atoms with van der Waals surface area (Å²) >= 11 is 5.77. The Labute approximate surface area is 124 Å². The average molecular weight is 320 g/mol. The summed E-state index contributed by atoms with van der Waals surface area (Å²) in [5.41, 5.74) is 0. The Kier molecular flexibility index (Phi) is 5.59. The van der Waals surface area contributed by atoms with E-state index in [1.807, 2.05) is 0 Å². The van der Waals surface area contributed by atoms with E-state index in [-0.39, 0.29) is 13.2 Å². The van der Waals surface area contributed by atoms with Gasteiger partial charge >= 0.3 is 0 Å². The fourth-order valence-corrected chi connectivity index (χ4v) is 3.43. The molecule has 20 heavy (non-hydrogen) atoms. The van der Waals surface area contributed by atoms with Gasteiger partial charge in [-0.05, 0) is 12.8 Å². The molecule has 1 N–H and O–H groups in total. The lowest BCUT2D eigenvalue weighted by molar-refractivity contribution is 0.312. The Bertz CT molecular complexity index is 533. The molecule has 0 radical (unpaired) electrons. The number of nitrogens with zero attached hydrogens (tertiary/aromatic N) is 2. The van der Waals surface area contributed by atoms with E-state index in [4.69, 9.17) is 16.3 Å². The number of rotatable bonds is 6. The molecule has 112 valence electrons. The second-order valence-electron chi connectivity index (χ2n) is 4.55. The first-order chi connectivity index (χ1) is 9.58. The Balaban J connectivity index is 1.75. The molecule has 0 aromatic carbocycles. The second-order valence-corrected chi connectivity index (χ2v) is 6.74. The number of hydrogen-bond donors (Lipinski definition) is 1. The molecular weight excluding hydrogens is 302 g/mol. The van der Waals surface area contributed by atoms with Crippen LogP contribution >= 0.6 is 11.6 Å². The minimum Gasteiger partial charge on any atom is -0.491 e. The van der Waals surface area contributed by atoms with Crippen LogP contribution in [-0.2, 0) is 10.2 Å². The van der Waals surface area contributed by atoms with E-state index in [9.17, 15) is 8.42 Å². The fourth-order valence-electron chi connectivity index (χ4n) is 2.01. The molecule has 1 aromatic rings. The lowest BCUT2D eigenvalue weighted by atomic mass is 10.2. The maximum atomic E-state index is 12.0. The van der Waals surface area contributed by atoms with Crippen LogP contribution < -0.4 is 9.46 Å². The molecule has 2 rings (SSSR count). The molecular formula is C12H18ClN3O3S. The highest BCUT2D eigenvalue weighted by atomic mass is 35.5. The molecule has 1 aliphatic rings. The van der Waals surface area contributed by atoms with Gasteiger partial charge in [0.05, 0.1) is 11.2 Å². The lowest BCUT2D eigenvalue weighted by Crippen LogP contribution is -2.44. The highest BCUT2D eigenvalue weighted by molar-refractivity contribution is 7.87. The van der Waals surface area contributed by atoms with E-state index in [0.717, 1.165) is 19.3 Å². The first-order valence-electron chi connectivity index (χ1n) is 6.56. The summed E-state index contributed by atoms with van der Waals surface area (Å²) < 4.78 is 33.3. The number of ether oxygens (including phenoxy) is 1. The van der Waals surface area contributed by atoms with E-state index in [1.54, 1.807) is 6.07 Å². The van der Waals surface area contributed by atoms with Crippen molar-refractivity contribution in [1.82, 2.24) is 14.0 Å². The third-order valence-electron chi connectivity index (χ3n) is 2.99. The van der Waals surface area contributed by atoms with Gasteiger partial charge in [0.2, 0.25) is 0 Å². The van der Waals surface area contributed by atoms with Crippen LogP contribution in [0.15, 0.2) is 18.5 Å². The molecule has 0 atom stereocenters. The van der Waals surface area contributed by atoms with Gasteiger partial charge in [0.1, 0.15) is 12.4 Å². The summed E-state index contributed by atoms with van der Waals surface area (Å²) in [6.07, 6.45) is 5.98. The fraction of sp³-hybridized carbons (Fsp3) is 0.583. The smallest absolute Gasteiger partial charge is 0.279 e. The Morgan fingerprint density at radius 1 is 1.30 bits per heavy atom. The number of piperidine rings is 1. The molecule has 2 heterocycles. The molecule has 0 spiro atoms. The highest BCUT2D eigenvalue weighted by Gasteiger charge is 2.22. The normalized spacial score (nSPS) is 17.1. The van der Waals surface area contributed by atoms with E-state index in [1.165, 1.54) is 16.7 Å². The zero-order valence-corrected chi connectivity index (χ0v) is 12.7. The minimum absolute atomic E-state index is 0.214. The Hall–Kier alpha value is -0.890. The zero-order valence-electron chi connectivity index (χ0n) is 11.1. The Morgan fingerprint density at radius 2 is 2.05 bits per heavy atom. The average Bonchev–Trinajstić information content (AvgIpc) is 2.45. The molecule has 0 amide bonds. The predicted octanol–water partition coefficient (Wildman–Crippen LogP) is 1.43. The van der Waals surface area contributed by atoms with Crippen LogP contribution in [0, 0.1) is 0 Å². The maximum absolute atomic E-state index is 12.0. The van der Waals surface area contributed by atoms with E-state index >= 15 is 0 Å². The van der Waals surface area contributed by atoms with Gasteiger partial charge in [0.15, 0.2) is 0 Å². The summed E-state index contributed by atoms with van der Waals surface area (Å²) in [5.74, 6) is 0.523. The molecule has 6 nitrogen and oxygen atoms in total. The van der Waals surface area contributed by atoms with Gasteiger partial charge in [-0.1, -0.05) is 18.0 Å². The van der Waals surface area contributed by atoms with Crippen LogP contribution in [0.4, 0.5) is 0 Å². The molecule has 1 fully saturated rings. The zero-order chi connectivity index (χ0) is 14.4. The molecule has 1 saturated heterocycles. The molecule has 0 bridgehead atoms. The van der Waals surface area contributed by atoms with Gasteiger partial charge in [-0.3, -0.25) is 4.98 Å². The predicted molar refractivity (Wildman–Crippen MR) is 77.1 cm³/mol. The van der Waals surface area contributed by atoms with E-state index in [2.05, 4.69) is 9.71 Å². The van der Waals surface area contributed by atoms with Crippen molar-refractivity contribution >= 4 is 21.8 Å². The number of hydrogen-bond acceptors (Lipinski definition) is 4. The van der Waals surface area contributed by atoms with Gasteiger partial charge in [0, 0.05) is 31.9 Å². The standard InChI is InChI=1S/C12H18ClN3O3S/c13-11-8-12(10-14-9-11)19-7-4-15-20(17,18)16-5-2-1-3-6-16/h8-10,15H,1-7H2. The summed E-state index contributed by atoms with van der Waals surface area (Å²) in [4.78, 5) is 3.88. The van der Waals surface area contributed by atoms with E-state index < -0.39 is 10.2 Å². The van der Waals surface area contributed by atoms with Crippen molar-refractivity contribution in [2.45, 2.75) is 19.3 Å². The summed E-state index contributed by atoms with van der Waals surface area (Å²) in [6, 6.07) is 1.63. The van der Waals surface area contributed by atoms with Crippen molar-refractivity contribution in [2.75, 3.05) is 26.2 Å². The van der Waals surface area contributed by atoms with Crippen LogP contribution in [-0.4, -0.2) is 43.9 Å². The molecule has 0 unspecified atom stereocenters. The molecule has 0 saturated carbocycles. The van der Waals surface area contributed by atoms with E-state index in [0.29, 0.717) is 23.9 Å². The van der Waals surface area contributed by atoms with Crippen molar-refractivity contribution in [1.29, 1.82) is 0 Å². The SMILES string of the molecule is O=S(=O)(NCCOc1cncc(Cl)c1)N1CCCCC1. The number of pyridine rings is 1. The van der Waals surface area contributed by atoms with Gasteiger partial charge < -0.3 is 4.74 Å². The largest absolute Gasteiger partial charge is 0.491 e. The third kappa shape index (κ3) is 4.59. The van der Waals surface area contributed by atoms with Crippen LogP contribution in [0.25, 0.3) is 0 Å². The number of nitrogens with one attached hydrogen (secondary N) is 1. The molecule has 1 aliphatic heterocycles. The van der Waals surface area contributed by atoms with Gasteiger partial charge in [0.25, 0.3) is 10.2 Å².